The fourth-order valence-corrected chi connectivity index (χ4v) is 1.55. The average molecular weight is 280 g/mol. The smallest absolute Gasteiger partial charge is 0.225 e. The van der Waals surface area contributed by atoms with E-state index in [2.05, 4.69) is 20.8 Å². The summed E-state index contributed by atoms with van der Waals surface area (Å²) in [5.41, 5.74) is 1.56. The number of carbonyl (C=O) groups excluding carboxylic acids is 2. The molecule has 2 amide bonds. The van der Waals surface area contributed by atoms with Gasteiger partial charge in [0.2, 0.25) is 11.8 Å². The molecule has 1 heterocycles. The summed E-state index contributed by atoms with van der Waals surface area (Å²) in [5, 5.41) is 12.4. The quantitative estimate of drug-likeness (QED) is 0.686. The first-order chi connectivity index (χ1) is 9.30. The first-order valence-electron chi connectivity index (χ1n) is 6.84. The molecule has 0 aliphatic rings. The molecule has 0 aliphatic heterocycles. The molecule has 0 bridgehead atoms. The Morgan fingerprint density at radius 2 is 2.00 bits per heavy atom. The second-order valence-electron chi connectivity index (χ2n) is 5.91. The van der Waals surface area contributed by atoms with Gasteiger partial charge in [-0.25, -0.2) is 0 Å². The molecule has 1 aromatic heterocycles. The molecule has 0 radical (unpaired) electrons. The van der Waals surface area contributed by atoms with E-state index in [9.17, 15) is 9.59 Å². The Labute approximate surface area is 119 Å². The van der Waals surface area contributed by atoms with Gasteiger partial charge in [-0.2, -0.15) is 5.10 Å². The number of H-pyrrole nitrogens is 1. The molecule has 0 saturated carbocycles. The van der Waals surface area contributed by atoms with E-state index >= 15 is 0 Å². The normalized spacial score (nSPS) is 11.2. The topological polar surface area (TPSA) is 86.9 Å². The highest BCUT2D eigenvalue weighted by atomic mass is 16.2. The minimum atomic E-state index is -0.388. The summed E-state index contributed by atoms with van der Waals surface area (Å²) in [6.45, 7) is 8.51. The van der Waals surface area contributed by atoms with E-state index in [1.54, 1.807) is 6.20 Å². The van der Waals surface area contributed by atoms with E-state index in [0.29, 0.717) is 25.9 Å². The number of aromatic amines is 1. The second kappa shape index (κ2) is 7.07. The zero-order chi connectivity index (χ0) is 15.2. The van der Waals surface area contributed by atoms with Gasteiger partial charge in [0.1, 0.15) is 0 Å². The van der Waals surface area contributed by atoms with Crippen LogP contribution in [0.5, 0.6) is 0 Å². The summed E-state index contributed by atoms with van der Waals surface area (Å²) in [6, 6.07) is 0. The van der Waals surface area contributed by atoms with Crippen molar-refractivity contribution in [3.05, 3.63) is 17.5 Å². The van der Waals surface area contributed by atoms with Gasteiger partial charge in [-0.1, -0.05) is 20.8 Å². The Morgan fingerprint density at radius 1 is 1.30 bits per heavy atom. The SMILES string of the molecule is Cc1[nH]ncc1CNC(=O)CCCNC(=O)C(C)(C)C. The number of nitrogens with zero attached hydrogens (tertiary/aromatic N) is 1. The van der Waals surface area contributed by atoms with Crippen molar-refractivity contribution in [1.82, 2.24) is 20.8 Å². The third kappa shape index (κ3) is 5.42. The van der Waals surface area contributed by atoms with Crippen molar-refractivity contribution in [2.75, 3.05) is 6.54 Å². The lowest BCUT2D eigenvalue weighted by Crippen LogP contribution is -2.35. The lowest BCUT2D eigenvalue weighted by atomic mass is 9.96. The van der Waals surface area contributed by atoms with Gasteiger partial charge >= 0.3 is 0 Å². The van der Waals surface area contributed by atoms with Crippen LogP contribution in [0, 0.1) is 12.3 Å². The van der Waals surface area contributed by atoms with Crippen molar-refractivity contribution < 1.29 is 9.59 Å². The van der Waals surface area contributed by atoms with Crippen LogP contribution in [0.15, 0.2) is 6.20 Å². The van der Waals surface area contributed by atoms with Crippen molar-refractivity contribution in [2.45, 2.75) is 47.1 Å². The minimum absolute atomic E-state index is 0.00642. The summed E-state index contributed by atoms with van der Waals surface area (Å²) in [4.78, 5) is 23.2. The molecule has 3 N–H and O–H groups in total. The fourth-order valence-electron chi connectivity index (χ4n) is 1.55. The molecule has 1 rings (SSSR count). The third-order valence-electron chi connectivity index (χ3n) is 2.96. The molecule has 0 unspecified atom stereocenters. The first-order valence-corrected chi connectivity index (χ1v) is 6.84. The summed E-state index contributed by atoms with van der Waals surface area (Å²) in [5.74, 6) is -0.0115. The van der Waals surface area contributed by atoms with Crippen LogP contribution >= 0.6 is 0 Å². The van der Waals surface area contributed by atoms with Gasteiger partial charge in [-0.05, 0) is 13.3 Å². The lowest BCUT2D eigenvalue weighted by molar-refractivity contribution is -0.128. The zero-order valence-corrected chi connectivity index (χ0v) is 12.7. The van der Waals surface area contributed by atoms with Gasteiger partial charge in [0.15, 0.2) is 0 Å². The molecule has 1 aromatic rings. The van der Waals surface area contributed by atoms with Gasteiger partial charge in [0.05, 0.1) is 6.20 Å². The van der Waals surface area contributed by atoms with Crippen LogP contribution in [0.3, 0.4) is 0 Å². The second-order valence-corrected chi connectivity index (χ2v) is 5.91. The van der Waals surface area contributed by atoms with Crippen LogP contribution < -0.4 is 10.6 Å². The molecule has 0 spiro atoms. The van der Waals surface area contributed by atoms with E-state index in [1.807, 2.05) is 27.7 Å². The average Bonchev–Trinajstić information content (AvgIpc) is 2.76. The maximum atomic E-state index is 11.6. The number of aryl methyl sites for hydroxylation is 1. The molecular weight excluding hydrogens is 256 g/mol. The van der Waals surface area contributed by atoms with Gasteiger partial charge in [0.25, 0.3) is 0 Å². The van der Waals surface area contributed by atoms with Crippen LogP contribution in [-0.2, 0) is 16.1 Å². The summed E-state index contributed by atoms with van der Waals surface area (Å²) >= 11 is 0. The van der Waals surface area contributed by atoms with Crippen LogP contribution in [0.1, 0.15) is 44.9 Å². The molecule has 0 aromatic carbocycles. The standard InChI is InChI=1S/C14H24N4O2/c1-10-11(9-17-18-10)8-16-12(19)6-5-7-15-13(20)14(2,3)4/h9H,5-8H2,1-4H3,(H,15,20)(H,16,19)(H,17,18). The number of amides is 2. The van der Waals surface area contributed by atoms with E-state index in [4.69, 9.17) is 0 Å². The predicted octanol–water partition coefficient (Wildman–Crippen LogP) is 1.28. The summed E-state index contributed by atoms with van der Waals surface area (Å²) in [6.07, 6.45) is 2.75. The molecule has 0 atom stereocenters. The van der Waals surface area contributed by atoms with Crippen LogP contribution in [0.25, 0.3) is 0 Å². The van der Waals surface area contributed by atoms with Gasteiger partial charge in [-0.15, -0.1) is 0 Å². The third-order valence-corrected chi connectivity index (χ3v) is 2.96. The highest BCUT2D eigenvalue weighted by Crippen LogP contribution is 2.12. The van der Waals surface area contributed by atoms with Gasteiger partial charge < -0.3 is 10.6 Å². The van der Waals surface area contributed by atoms with Crippen LogP contribution in [0.2, 0.25) is 0 Å². The fraction of sp³-hybridized carbons (Fsp3) is 0.643. The maximum Gasteiger partial charge on any atom is 0.225 e. The van der Waals surface area contributed by atoms with Crippen LogP contribution in [-0.4, -0.2) is 28.6 Å². The Morgan fingerprint density at radius 3 is 2.55 bits per heavy atom. The van der Waals surface area contributed by atoms with Crippen molar-refractivity contribution in [3.8, 4) is 0 Å². The first kappa shape index (κ1) is 16.2. The van der Waals surface area contributed by atoms with Crippen molar-refractivity contribution in [2.24, 2.45) is 5.41 Å². The number of carbonyl (C=O) groups is 2. The lowest BCUT2D eigenvalue weighted by Gasteiger charge is -2.17. The highest BCUT2D eigenvalue weighted by molar-refractivity contribution is 5.81. The molecular formula is C14H24N4O2. The van der Waals surface area contributed by atoms with E-state index in [-0.39, 0.29) is 17.2 Å². The largest absolute Gasteiger partial charge is 0.356 e. The number of aromatic nitrogens is 2. The van der Waals surface area contributed by atoms with Crippen LogP contribution in [0.4, 0.5) is 0 Å². The maximum absolute atomic E-state index is 11.6. The van der Waals surface area contributed by atoms with Crippen molar-refractivity contribution >= 4 is 11.8 Å². The Kier molecular flexibility index (Phi) is 5.73. The van der Waals surface area contributed by atoms with E-state index in [1.165, 1.54) is 0 Å². The highest BCUT2D eigenvalue weighted by Gasteiger charge is 2.20. The van der Waals surface area contributed by atoms with Gasteiger partial charge in [-0.3, -0.25) is 14.7 Å². The summed E-state index contributed by atoms with van der Waals surface area (Å²) < 4.78 is 0. The van der Waals surface area contributed by atoms with Gasteiger partial charge in [0, 0.05) is 36.2 Å². The molecule has 20 heavy (non-hydrogen) atoms. The Bertz CT molecular complexity index is 460. The number of hydrogen-bond acceptors (Lipinski definition) is 3. The number of rotatable bonds is 6. The van der Waals surface area contributed by atoms with Crippen molar-refractivity contribution in [1.29, 1.82) is 0 Å². The number of nitrogens with one attached hydrogen (secondary N) is 3. The van der Waals surface area contributed by atoms with Crippen molar-refractivity contribution in [3.63, 3.8) is 0 Å². The number of hydrogen-bond donors (Lipinski definition) is 3. The van der Waals surface area contributed by atoms with E-state index < -0.39 is 0 Å². The minimum Gasteiger partial charge on any atom is -0.356 e. The molecule has 0 saturated heterocycles. The summed E-state index contributed by atoms with van der Waals surface area (Å²) in [7, 11) is 0. The zero-order valence-electron chi connectivity index (χ0n) is 12.7. The monoisotopic (exact) mass is 280 g/mol. The van der Waals surface area contributed by atoms with E-state index in [0.717, 1.165) is 11.3 Å². The Balaban J connectivity index is 2.15. The molecule has 6 heteroatoms. The molecule has 6 nitrogen and oxygen atoms in total. The molecule has 112 valence electrons. The predicted molar refractivity (Wildman–Crippen MR) is 76.9 cm³/mol. The molecule has 0 fully saturated rings. The molecule has 0 aliphatic carbocycles. The Hall–Kier alpha value is -1.85.